The quantitative estimate of drug-likeness (QED) is 0.451. The maximum Gasteiger partial charge on any atom is 0.326 e. The van der Waals surface area contributed by atoms with Gasteiger partial charge in [-0.2, -0.15) is 9.97 Å². The normalized spacial score (nSPS) is 20.3. The fraction of sp³-hybridized carbons (Fsp3) is 0.318. The van der Waals surface area contributed by atoms with Crippen molar-refractivity contribution in [1.29, 1.82) is 0 Å². The third kappa shape index (κ3) is 3.18. The second-order valence-corrected chi connectivity index (χ2v) is 8.36. The first-order valence-electron chi connectivity index (χ1n) is 10.5. The van der Waals surface area contributed by atoms with E-state index in [1.54, 1.807) is 7.05 Å². The molecule has 10 heteroatoms. The predicted molar refractivity (Wildman–Crippen MR) is 117 cm³/mol. The first-order chi connectivity index (χ1) is 15.6. The number of fused-ring (bicyclic) bond motifs is 5. The lowest BCUT2D eigenvalue weighted by Gasteiger charge is -2.32. The number of nitrogens with zero attached hydrogens (tertiary/aromatic N) is 4. The van der Waals surface area contributed by atoms with Crippen molar-refractivity contribution in [3.8, 4) is 11.8 Å². The zero-order valence-corrected chi connectivity index (χ0v) is 17.3. The number of rotatable bonds is 4. The Labute approximate surface area is 182 Å². The zero-order chi connectivity index (χ0) is 21.8. The average Bonchev–Trinajstić information content (AvgIpc) is 3.31. The lowest BCUT2D eigenvalue weighted by atomic mass is 9.99. The molecular formula is C22H21F2N7O. The summed E-state index contributed by atoms with van der Waals surface area (Å²) in [6, 6.07) is 4.61. The van der Waals surface area contributed by atoms with Crippen LogP contribution in [0.15, 0.2) is 30.6 Å². The average molecular weight is 437 g/mol. The van der Waals surface area contributed by atoms with Crippen LogP contribution in [-0.4, -0.2) is 52.7 Å². The van der Waals surface area contributed by atoms with Gasteiger partial charge in [-0.15, -0.1) is 0 Å². The van der Waals surface area contributed by atoms with Crippen LogP contribution >= 0.6 is 0 Å². The van der Waals surface area contributed by atoms with Gasteiger partial charge in [0.2, 0.25) is 0 Å². The summed E-state index contributed by atoms with van der Waals surface area (Å²) in [5.41, 5.74) is 1.89. The third-order valence-corrected chi connectivity index (χ3v) is 6.18. The highest BCUT2D eigenvalue weighted by Gasteiger charge is 2.34. The van der Waals surface area contributed by atoms with Gasteiger partial charge in [0, 0.05) is 44.2 Å². The van der Waals surface area contributed by atoms with Crippen molar-refractivity contribution in [2.24, 2.45) is 5.92 Å². The van der Waals surface area contributed by atoms with Gasteiger partial charge in [-0.1, -0.05) is 0 Å². The number of ether oxygens (including phenoxy) is 1. The highest BCUT2D eigenvalue weighted by atomic mass is 19.1. The summed E-state index contributed by atoms with van der Waals surface area (Å²) in [5.74, 6) is 0.535. The van der Waals surface area contributed by atoms with E-state index < -0.39 is 5.82 Å². The monoisotopic (exact) mass is 437 g/mol. The Morgan fingerprint density at radius 1 is 1.12 bits per heavy atom. The number of anilines is 2. The molecule has 6 rings (SSSR count). The van der Waals surface area contributed by atoms with Gasteiger partial charge in [0.15, 0.2) is 5.75 Å². The first-order valence-corrected chi connectivity index (χ1v) is 10.5. The number of pyridine rings is 1. The summed E-state index contributed by atoms with van der Waals surface area (Å²) in [6.45, 7) is 2.59. The van der Waals surface area contributed by atoms with Crippen molar-refractivity contribution in [1.82, 2.24) is 25.3 Å². The standard InChI is InChI=1S/C22H21F2N7O/c1-25-17-5-12(23)4-16-18-20(28-19(16)17)29-22(32-15-3-13(24)7-26-8-15)30-21(18)31-9-11-2-14(10-31)27-6-11/h3-5,7-8,11,14,25,27H,2,6,9-10H2,1H3,(H,28,29,30). The highest BCUT2D eigenvalue weighted by Crippen LogP contribution is 2.38. The lowest BCUT2D eigenvalue weighted by Crippen LogP contribution is -2.41. The molecule has 0 aliphatic carbocycles. The van der Waals surface area contributed by atoms with Gasteiger partial charge in [0.1, 0.15) is 23.1 Å². The number of halogens is 2. The Kier molecular flexibility index (Phi) is 4.35. The molecule has 2 saturated heterocycles. The number of piperidine rings is 1. The molecule has 2 aliphatic rings. The fourth-order valence-corrected chi connectivity index (χ4v) is 4.86. The molecule has 3 N–H and O–H groups in total. The molecule has 2 bridgehead atoms. The molecule has 2 aliphatic heterocycles. The Balaban J connectivity index is 1.55. The molecule has 164 valence electrons. The Hall–Kier alpha value is -3.53. The number of hydrogen-bond donors (Lipinski definition) is 3. The van der Waals surface area contributed by atoms with Gasteiger partial charge in [-0.3, -0.25) is 4.98 Å². The van der Waals surface area contributed by atoms with Gasteiger partial charge in [-0.25, -0.2) is 8.78 Å². The maximum absolute atomic E-state index is 14.4. The molecule has 2 fully saturated rings. The van der Waals surface area contributed by atoms with Gasteiger partial charge >= 0.3 is 6.01 Å². The van der Waals surface area contributed by atoms with Crippen LogP contribution in [0.2, 0.25) is 0 Å². The van der Waals surface area contributed by atoms with Gasteiger partial charge < -0.3 is 25.3 Å². The third-order valence-electron chi connectivity index (χ3n) is 6.18. The Morgan fingerprint density at radius 2 is 2.03 bits per heavy atom. The van der Waals surface area contributed by atoms with Crippen LogP contribution < -0.4 is 20.3 Å². The molecule has 32 heavy (non-hydrogen) atoms. The number of aromatic amines is 1. The molecule has 0 radical (unpaired) electrons. The summed E-state index contributed by atoms with van der Waals surface area (Å²) in [4.78, 5) is 18.5. The van der Waals surface area contributed by atoms with E-state index in [0.717, 1.165) is 43.2 Å². The fourth-order valence-electron chi connectivity index (χ4n) is 4.86. The number of benzene rings is 1. The van der Waals surface area contributed by atoms with Crippen LogP contribution in [0.25, 0.3) is 21.9 Å². The van der Waals surface area contributed by atoms with Gasteiger partial charge in [0.25, 0.3) is 0 Å². The first kappa shape index (κ1) is 19.2. The molecule has 3 aromatic heterocycles. The molecule has 0 spiro atoms. The van der Waals surface area contributed by atoms with E-state index in [-0.39, 0.29) is 17.6 Å². The van der Waals surface area contributed by atoms with Crippen LogP contribution in [0.1, 0.15) is 6.42 Å². The number of H-pyrrole nitrogens is 1. The molecule has 5 heterocycles. The van der Waals surface area contributed by atoms with Crippen LogP contribution in [0, 0.1) is 17.6 Å². The smallest absolute Gasteiger partial charge is 0.326 e. The minimum atomic E-state index is -0.512. The largest absolute Gasteiger partial charge is 0.422 e. The van der Waals surface area contributed by atoms with E-state index in [9.17, 15) is 8.78 Å². The second kappa shape index (κ2) is 7.27. The van der Waals surface area contributed by atoms with E-state index in [4.69, 9.17) is 9.72 Å². The molecule has 2 unspecified atom stereocenters. The maximum atomic E-state index is 14.4. The Morgan fingerprint density at radius 3 is 2.84 bits per heavy atom. The molecule has 2 atom stereocenters. The second-order valence-electron chi connectivity index (χ2n) is 8.36. The molecule has 8 nitrogen and oxygen atoms in total. The minimum absolute atomic E-state index is 0.0730. The Bertz CT molecular complexity index is 1330. The van der Waals surface area contributed by atoms with Crippen molar-refractivity contribution < 1.29 is 13.5 Å². The van der Waals surface area contributed by atoms with Crippen LogP contribution in [0.4, 0.5) is 20.3 Å². The predicted octanol–water partition coefficient (Wildman–Crippen LogP) is 3.42. The number of nitrogens with one attached hydrogen (secondary N) is 3. The van der Waals surface area contributed by atoms with Crippen molar-refractivity contribution in [3.63, 3.8) is 0 Å². The van der Waals surface area contributed by atoms with E-state index >= 15 is 0 Å². The lowest BCUT2D eigenvalue weighted by molar-refractivity contribution is 0.433. The van der Waals surface area contributed by atoms with E-state index in [1.165, 1.54) is 24.4 Å². The molecule has 0 saturated carbocycles. The molecular weight excluding hydrogens is 416 g/mol. The summed E-state index contributed by atoms with van der Waals surface area (Å²) < 4.78 is 33.8. The summed E-state index contributed by atoms with van der Waals surface area (Å²) >= 11 is 0. The van der Waals surface area contributed by atoms with Gasteiger partial charge in [0.05, 0.1) is 29.0 Å². The molecule has 0 amide bonds. The topological polar surface area (TPSA) is 91.0 Å². The minimum Gasteiger partial charge on any atom is -0.422 e. The van der Waals surface area contributed by atoms with Crippen molar-refractivity contribution in [3.05, 3.63) is 42.2 Å². The SMILES string of the molecule is CNc1cc(F)cc2c1[nH]c1nc(Oc3cncc(F)c3)nc(N3CC4CNC(C4)C3)c12. The number of aromatic nitrogens is 4. The molecule has 1 aromatic carbocycles. The summed E-state index contributed by atoms with van der Waals surface area (Å²) in [7, 11) is 1.74. The van der Waals surface area contributed by atoms with Crippen molar-refractivity contribution in [2.45, 2.75) is 12.5 Å². The van der Waals surface area contributed by atoms with E-state index in [2.05, 4.69) is 30.5 Å². The zero-order valence-electron chi connectivity index (χ0n) is 17.3. The number of hydrogen-bond acceptors (Lipinski definition) is 7. The van der Waals surface area contributed by atoms with E-state index in [0.29, 0.717) is 34.5 Å². The molecule has 4 aromatic rings. The van der Waals surface area contributed by atoms with Crippen molar-refractivity contribution in [2.75, 3.05) is 36.9 Å². The van der Waals surface area contributed by atoms with Crippen LogP contribution in [-0.2, 0) is 0 Å². The van der Waals surface area contributed by atoms with Crippen LogP contribution in [0.5, 0.6) is 11.8 Å². The highest BCUT2D eigenvalue weighted by molar-refractivity contribution is 6.14. The summed E-state index contributed by atoms with van der Waals surface area (Å²) in [6.07, 6.45) is 3.64. The van der Waals surface area contributed by atoms with Crippen LogP contribution in [0.3, 0.4) is 0 Å². The van der Waals surface area contributed by atoms with Crippen molar-refractivity contribution >= 4 is 33.4 Å². The van der Waals surface area contributed by atoms with Gasteiger partial charge in [-0.05, 0) is 24.5 Å². The summed E-state index contributed by atoms with van der Waals surface area (Å²) in [5, 5.41) is 8.01. The van der Waals surface area contributed by atoms with E-state index in [1.807, 2.05) is 0 Å².